The molecule has 2 N–H and O–H groups in total. The SMILES string of the molecule is CCc1ccc(C)c(NC(=O)CSc2nnc(CNC(=O)c3cccc(C)c3)n2CC)c1. The van der Waals surface area contributed by atoms with Gasteiger partial charge in [0, 0.05) is 17.8 Å². The molecule has 0 spiro atoms. The van der Waals surface area contributed by atoms with Crippen molar-refractivity contribution in [2.24, 2.45) is 0 Å². The summed E-state index contributed by atoms with van der Waals surface area (Å²) >= 11 is 1.33. The summed E-state index contributed by atoms with van der Waals surface area (Å²) in [4.78, 5) is 24.9. The molecule has 1 aromatic heterocycles. The van der Waals surface area contributed by atoms with Gasteiger partial charge in [-0.3, -0.25) is 9.59 Å². The monoisotopic (exact) mass is 451 g/mol. The molecule has 3 rings (SSSR count). The molecular weight excluding hydrogens is 422 g/mol. The molecule has 0 aliphatic heterocycles. The minimum Gasteiger partial charge on any atom is -0.345 e. The number of amides is 2. The number of carbonyl (C=O) groups excluding carboxylic acids is 2. The minimum absolute atomic E-state index is 0.0914. The normalized spacial score (nSPS) is 10.8. The molecule has 7 nitrogen and oxygen atoms in total. The van der Waals surface area contributed by atoms with E-state index in [2.05, 4.69) is 33.8 Å². The second-order valence-electron chi connectivity index (χ2n) is 7.53. The van der Waals surface area contributed by atoms with Gasteiger partial charge in [0.25, 0.3) is 5.91 Å². The molecule has 3 aromatic rings. The first-order valence-corrected chi connectivity index (χ1v) is 11.7. The predicted octanol–water partition coefficient (Wildman–Crippen LogP) is 4.14. The van der Waals surface area contributed by atoms with Crippen LogP contribution < -0.4 is 10.6 Å². The number of hydrogen-bond donors (Lipinski definition) is 2. The van der Waals surface area contributed by atoms with E-state index in [4.69, 9.17) is 0 Å². The molecule has 0 saturated carbocycles. The summed E-state index contributed by atoms with van der Waals surface area (Å²) in [6, 6.07) is 13.5. The van der Waals surface area contributed by atoms with Crippen LogP contribution in [0.4, 0.5) is 5.69 Å². The Hall–Kier alpha value is -3.13. The van der Waals surface area contributed by atoms with Gasteiger partial charge in [0.1, 0.15) is 0 Å². The number of aromatic nitrogens is 3. The van der Waals surface area contributed by atoms with Crippen LogP contribution in [0.25, 0.3) is 0 Å². The molecule has 0 atom stereocenters. The third-order valence-corrected chi connectivity index (χ3v) is 6.08. The van der Waals surface area contributed by atoms with Crippen molar-refractivity contribution < 1.29 is 9.59 Å². The quantitative estimate of drug-likeness (QED) is 0.478. The third kappa shape index (κ3) is 5.97. The maximum atomic E-state index is 12.5. The second-order valence-corrected chi connectivity index (χ2v) is 8.48. The topological polar surface area (TPSA) is 88.9 Å². The van der Waals surface area contributed by atoms with E-state index in [0.29, 0.717) is 23.1 Å². The van der Waals surface area contributed by atoms with Crippen LogP contribution in [0.1, 0.15) is 46.7 Å². The Morgan fingerprint density at radius 2 is 1.88 bits per heavy atom. The zero-order valence-corrected chi connectivity index (χ0v) is 19.8. The lowest BCUT2D eigenvalue weighted by molar-refractivity contribution is -0.113. The summed E-state index contributed by atoms with van der Waals surface area (Å²) in [6.07, 6.45) is 0.917. The van der Waals surface area contributed by atoms with Crippen molar-refractivity contribution in [3.63, 3.8) is 0 Å². The fourth-order valence-corrected chi connectivity index (χ4v) is 4.08. The molecule has 1 heterocycles. The number of hydrogen-bond acceptors (Lipinski definition) is 5. The molecule has 2 aromatic carbocycles. The Balaban J connectivity index is 1.58. The van der Waals surface area contributed by atoms with Crippen molar-refractivity contribution in [2.75, 3.05) is 11.1 Å². The summed E-state index contributed by atoms with van der Waals surface area (Å²) in [5.74, 6) is 0.635. The number of anilines is 1. The van der Waals surface area contributed by atoms with E-state index < -0.39 is 0 Å². The number of thioether (sulfide) groups is 1. The van der Waals surface area contributed by atoms with Crippen LogP contribution in [-0.4, -0.2) is 32.3 Å². The van der Waals surface area contributed by atoms with Gasteiger partial charge in [-0.05, 0) is 56.5 Å². The highest BCUT2D eigenvalue weighted by molar-refractivity contribution is 7.99. The van der Waals surface area contributed by atoms with Crippen LogP contribution in [0.15, 0.2) is 47.6 Å². The Labute approximate surface area is 193 Å². The van der Waals surface area contributed by atoms with Crippen molar-refractivity contribution in [3.05, 3.63) is 70.5 Å². The number of nitrogens with zero attached hydrogens (tertiary/aromatic N) is 3. The highest BCUT2D eigenvalue weighted by Crippen LogP contribution is 2.20. The summed E-state index contributed by atoms with van der Waals surface area (Å²) in [6.45, 7) is 8.91. The van der Waals surface area contributed by atoms with E-state index in [1.807, 2.05) is 55.7 Å². The van der Waals surface area contributed by atoms with Crippen molar-refractivity contribution in [3.8, 4) is 0 Å². The number of rotatable bonds is 9. The zero-order chi connectivity index (χ0) is 23.1. The summed E-state index contributed by atoms with van der Waals surface area (Å²) in [7, 11) is 0. The molecule has 8 heteroatoms. The van der Waals surface area contributed by atoms with Crippen molar-refractivity contribution in [1.82, 2.24) is 20.1 Å². The Morgan fingerprint density at radius 3 is 2.59 bits per heavy atom. The molecule has 0 aliphatic rings. The second kappa shape index (κ2) is 10.9. The smallest absolute Gasteiger partial charge is 0.251 e. The fraction of sp³-hybridized carbons (Fsp3) is 0.333. The summed E-state index contributed by atoms with van der Waals surface area (Å²) < 4.78 is 1.91. The lowest BCUT2D eigenvalue weighted by Crippen LogP contribution is -2.25. The Kier molecular flexibility index (Phi) is 8.05. The van der Waals surface area contributed by atoms with Gasteiger partial charge in [0.15, 0.2) is 11.0 Å². The third-order valence-electron chi connectivity index (χ3n) is 5.11. The van der Waals surface area contributed by atoms with Crippen LogP contribution in [0.5, 0.6) is 0 Å². The van der Waals surface area contributed by atoms with Crippen molar-refractivity contribution in [2.45, 2.75) is 52.4 Å². The lowest BCUT2D eigenvalue weighted by atomic mass is 10.1. The lowest BCUT2D eigenvalue weighted by Gasteiger charge is -2.11. The number of aryl methyl sites for hydroxylation is 3. The van der Waals surface area contributed by atoms with Crippen LogP contribution in [0.2, 0.25) is 0 Å². The highest BCUT2D eigenvalue weighted by atomic mass is 32.2. The first kappa shape index (κ1) is 23.5. The maximum Gasteiger partial charge on any atom is 0.251 e. The Morgan fingerprint density at radius 1 is 1.06 bits per heavy atom. The largest absolute Gasteiger partial charge is 0.345 e. The van der Waals surface area contributed by atoms with Gasteiger partial charge in [0.2, 0.25) is 5.91 Å². The number of carbonyl (C=O) groups is 2. The first-order valence-electron chi connectivity index (χ1n) is 10.7. The van der Waals surface area contributed by atoms with Gasteiger partial charge < -0.3 is 15.2 Å². The van der Waals surface area contributed by atoms with Crippen LogP contribution in [0, 0.1) is 13.8 Å². The van der Waals surface area contributed by atoms with E-state index in [1.54, 1.807) is 6.07 Å². The standard InChI is InChI=1S/C24H29N5O2S/c1-5-18-11-10-17(4)20(13-18)26-22(30)15-32-24-28-27-21(29(24)6-2)14-25-23(31)19-9-7-8-16(3)12-19/h7-13H,5-6,14-15H2,1-4H3,(H,25,31)(H,26,30). The average molecular weight is 452 g/mol. The molecule has 0 bridgehead atoms. The van der Waals surface area contributed by atoms with Gasteiger partial charge in [-0.1, -0.05) is 48.5 Å². The molecule has 0 aliphatic carbocycles. The first-order chi connectivity index (χ1) is 15.4. The van der Waals surface area contributed by atoms with E-state index in [1.165, 1.54) is 17.3 Å². The van der Waals surface area contributed by atoms with E-state index in [-0.39, 0.29) is 24.1 Å². The minimum atomic E-state index is -0.155. The van der Waals surface area contributed by atoms with Crippen molar-refractivity contribution >= 4 is 29.3 Å². The molecule has 0 radical (unpaired) electrons. The zero-order valence-electron chi connectivity index (χ0n) is 18.9. The average Bonchev–Trinajstić information content (AvgIpc) is 3.19. The maximum absolute atomic E-state index is 12.5. The van der Waals surface area contributed by atoms with Crippen molar-refractivity contribution in [1.29, 1.82) is 0 Å². The van der Waals surface area contributed by atoms with Crippen LogP contribution >= 0.6 is 11.8 Å². The molecule has 0 unspecified atom stereocenters. The molecule has 32 heavy (non-hydrogen) atoms. The predicted molar refractivity (Wildman–Crippen MR) is 128 cm³/mol. The van der Waals surface area contributed by atoms with Gasteiger partial charge in [0.05, 0.1) is 12.3 Å². The van der Waals surface area contributed by atoms with Crippen LogP contribution in [0.3, 0.4) is 0 Å². The fourth-order valence-electron chi connectivity index (χ4n) is 3.26. The highest BCUT2D eigenvalue weighted by Gasteiger charge is 2.15. The molecule has 0 fully saturated rings. The van der Waals surface area contributed by atoms with Gasteiger partial charge >= 0.3 is 0 Å². The van der Waals surface area contributed by atoms with E-state index in [9.17, 15) is 9.59 Å². The van der Waals surface area contributed by atoms with Gasteiger partial charge in [-0.25, -0.2) is 0 Å². The van der Waals surface area contributed by atoms with Gasteiger partial charge in [-0.2, -0.15) is 0 Å². The van der Waals surface area contributed by atoms with Gasteiger partial charge in [-0.15, -0.1) is 10.2 Å². The molecular formula is C24H29N5O2S. The summed E-state index contributed by atoms with van der Waals surface area (Å²) in [5.41, 5.74) is 4.70. The molecule has 2 amide bonds. The number of nitrogens with one attached hydrogen (secondary N) is 2. The van der Waals surface area contributed by atoms with E-state index >= 15 is 0 Å². The van der Waals surface area contributed by atoms with E-state index in [0.717, 1.165) is 23.2 Å². The molecule has 168 valence electrons. The molecule has 0 saturated heterocycles. The summed E-state index contributed by atoms with van der Waals surface area (Å²) in [5, 5.41) is 15.0. The van der Waals surface area contributed by atoms with Crippen LogP contribution in [-0.2, 0) is 24.3 Å². The number of benzene rings is 2. The Bertz CT molecular complexity index is 1110.